The van der Waals surface area contributed by atoms with E-state index in [1.807, 2.05) is 44.2 Å². The van der Waals surface area contributed by atoms with E-state index < -0.39 is 0 Å². The zero-order chi connectivity index (χ0) is 24.6. The summed E-state index contributed by atoms with van der Waals surface area (Å²) in [4.78, 5) is 30.4. The molecule has 3 N–H and O–H groups in total. The molecule has 0 unspecified atom stereocenters. The number of aryl methyl sites for hydroxylation is 2. The maximum absolute atomic E-state index is 13.2. The lowest BCUT2D eigenvalue weighted by Gasteiger charge is -2.26. The van der Waals surface area contributed by atoms with Gasteiger partial charge in [0.1, 0.15) is 0 Å². The number of anilines is 3. The molecule has 2 heterocycles. The molecule has 0 bridgehead atoms. The Hall–Kier alpha value is -3.10. The van der Waals surface area contributed by atoms with E-state index in [1.165, 1.54) is 5.56 Å². The van der Waals surface area contributed by atoms with Gasteiger partial charge in [-0.3, -0.25) is 9.69 Å². The van der Waals surface area contributed by atoms with Gasteiger partial charge in [0.2, 0.25) is 0 Å². The van der Waals surface area contributed by atoms with Gasteiger partial charge in [-0.2, -0.15) is 0 Å². The summed E-state index contributed by atoms with van der Waals surface area (Å²) >= 11 is 0. The van der Waals surface area contributed by atoms with E-state index in [-0.39, 0.29) is 11.9 Å². The van der Waals surface area contributed by atoms with Crippen LogP contribution in [0.4, 0.5) is 21.9 Å². The SMILES string of the molecule is Cc1ccc(NC(=O)Nc2ccc(N3CCCC3)c(C(=O)NCCCN3CCOCC3)c2)cc1C. The third kappa shape index (κ3) is 6.96. The van der Waals surface area contributed by atoms with Crippen molar-refractivity contribution in [2.24, 2.45) is 0 Å². The number of hydrogen-bond donors (Lipinski definition) is 3. The van der Waals surface area contributed by atoms with Crippen LogP contribution in [-0.2, 0) is 4.74 Å². The summed E-state index contributed by atoms with van der Waals surface area (Å²) < 4.78 is 5.40. The van der Waals surface area contributed by atoms with Gasteiger partial charge in [-0.25, -0.2) is 4.79 Å². The van der Waals surface area contributed by atoms with Gasteiger partial charge < -0.3 is 25.6 Å². The Morgan fingerprint density at radius 2 is 1.57 bits per heavy atom. The fourth-order valence-corrected chi connectivity index (χ4v) is 4.57. The lowest BCUT2D eigenvalue weighted by Crippen LogP contribution is -2.38. The monoisotopic (exact) mass is 479 g/mol. The normalized spacial score (nSPS) is 16.2. The summed E-state index contributed by atoms with van der Waals surface area (Å²) in [5.74, 6) is -0.105. The molecule has 2 aromatic rings. The first-order valence-corrected chi connectivity index (χ1v) is 12.6. The van der Waals surface area contributed by atoms with Gasteiger partial charge in [0.15, 0.2) is 0 Å². The molecule has 2 saturated heterocycles. The second-order valence-electron chi connectivity index (χ2n) is 9.37. The molecule has 0 saturated carbocycles. The number of benzene rings is 2. The maximum Gasteiger partial charge on any atom is 0.323 e. The van der Waals surface area contributed by atoms with E-state index in [0.717, 1.165) is 82.1 Å². The Balaban J connectivity index is 1.39. The summed E-state index contributed by atoms with van der Waals surface area (Å²) in [6.45, 7) is 11.0. The average molecular weight is 480 g/mol. The van der Waals surface area contributed by atoms with Crippen LogP contribution < -0.4 is 20.9 Å². The third-order valence-electron chi connectivity index (χ3n) is 6.75. The molecular weight excluding hydrogens is 442 g/mol. The Morgan fingerprint density at radius 1 is 0.886 bits per heavy atom. The Bertz CT molecular complexity index is 1030. The predicted octanol–water partition coefficient (Wildman–Crippen LogP) is 4.00. The smallest absolute Gasteiger partial charge is 0.323 e. The van der Waals surface area contributed by atoms with Crippen molar-refractivity contribution in [3.8, 4) is 0 Å². The molecule has 0 spiro atoms. The first-order chi connectivity index (χ1) is 17.0. The number of amides is 3. The lowest BCUT2D eigenvalue weighted by atomic mass is 10.1. The van der Waals surface area contributed by atoms with Crippen LogP contribution in [0.1, 0.15) is 40.7 Å². The second kappa shape index (κ2) is 12.0. The fourth-order valence-electron chi connectivity index (χ4n) is 4.57. The fraction of sp³-hybridized carbons (Fsp3) is 0.481. The van der Waals surface area contributed by atoms with Crippen LogP contribution in [0.5, 0.6) is 0 Å². The average Bonchev–Trinajstić information content (AvgIpc) is 3.39. The topological polar surface area (TPSA) is 85.9 Å². The minimum absolute atomic E-state index is 0.105. The minimum atomic E-state index is -0.334. The molecule has 3 amide bonds. The van der Waals surface area contributed by atoms with Crippen LogP contribution >= 0.6 is 0 Å². The molecular formula is C27H37N5O3. The summed E-state index contributed by atoms with van der Waals surface area (Å²) in [7, 11) is 0. The van der Waals surface area contributed by atoms with E-state index in [2.05, 4.69) is 25.8 Å². The minimum Gasteiger partial charge on any atom is -0.379 e. The molecule has 2 fully saturated rings. The van der Waals surface area contributed by atoms with Crippen LogP contribution in [0, 0.1) is 13.8 Å². The van der Waals surface area contributed by atoms with Crippen LogP contribution in [0.25, 0.3) is 0 Å². The molecule has 0 radical (unpaired) electrons. The molecule has 0 atom stereocenters. The molecule has 2 aromatic carbocycles. The quantitative estimate of drug-likeness (QED) is 0.499. The van der Waals surface area contributed by atoms with E-state index in [0.29, 0.717) is 17.8 Å². The highest BCUT2D eigenvalue weighted by Crippen LogP contribution is 2.28. The van der Waals surface area contributed by atoms with E-state index in [9.17, 15) is 9.59 Å². The number of carbonyl (C=O) groups excluding carboxylic acids is 2. The molecule has 0 aliphatic carbocycles. The molecule has 8 heteroatoms. The number of nitrogens with one attached hydrogen (secondary N) is 3. The van der Waals surface area contributed by atoms with Crippen LogP contribution in [0.3, 0.4) is 0 Å². The van der Waals surface area contributed by atoms with Crippen molar-refractivity contribution < 1.29 is 14.3 Å². The number of morpholine rings is 1. The number of hydrogen-bond acceptors (Lipinski definition) is 5. The van der Waals surface area contributed by atoms with E-state index >= 15 is 0 Å². The highest BCUT2D eigenvalue weighted by atomic mass is 16.5. The molecule has 35 heavy (non-hydrogen) atoms. The summed E-state index contributed by atoms with van der Waals surface area (Å²) in [6.07, 6.45) is 3.14. The van der Waals surface area contributed by atoms with Gasteiger partial charge in [0.05, 0.1) is 18.8 Å². The van der Waals surface area contributed by atoms with Gasteiger partial charge in [-0.1, -0.05) is 6.07 Å². The van der Waals surface area contributed by atoms with Gasteiger partial charge in [-0.05, 0) is 81.1 Å². The first-order valence-electron chi connectivity index (χ1n) is 12.6. The summed E-state index contributed by atoms with van der Waals surface area (Å²) in [6, 6.07) is 11.1. The Morgan fingerprint density at radius 3 is 2.29 bits per heavy atom. The molecule has 188 valence electrons. The van der Waals surface area contributed by atoms with Crippen LogP contribution in [-0.4, -0.2) is 69.3 Å². The highest BCUT2D eigenvalue weighted by Gasteiger charge is 2.20. The van der Waals surface area contributed by atoms with Crippen molar-refractivity contribution in [2.45, 2.75) is 33.1 Å². The van der Waals surface area contributed by atoms with Crippen molar-refractivity contribution in [1.82, 2.24) is 10.2 Å². The van der Waals surface area contributed by atoms with Gasteiger partial charge in [0.25, 0.3) is 5.91 Å². The van der Waals surface area contributed by atoms with Crippen molar-refractivity contribution in [3.63, 3.8) is 0 Å². The van der Waals surface area contributed by atoms with E-state index in [1.54, 1.807) is 6.07 Å². The summed E-state index contributed by atoms with van der Waals surface area (Å²) in [5.41, 5.74) is 5.14. The van der Waals surface area contributed by atoms with Crippen molar-refractivity contribution in [1.29, 1.82) is 0 Å². The van der Waals surface area contributed by atoms with Gasteiger partial charge in [-0.15, -0.1) is 0 Å². The molecule has 0 aromatic heterocycles. The van der Waals surface area contributed by atoms with Crippen molar-refractivity contribution in [3.05, 3.63) is 53.1 Å². The second-order valence-corrected chi connectivity index (χ2v) is 9.37. The third-order valence-corrected chi connectivity index (χ3v) is 6.75. The van der Waals surface area contributed by atoms with Crippen LogP contribution in [0.2, 0.25) is 0 Å². The number of carbonyl (C=O) groups is 2. The molecule has 2 aliphatic heterocycles. The van der Waals surface area contributed by atoms with E-state index in [4.69, 9.17) is 4.74 Å². The van der Waals surface area contributed by atoms with Crippen molar-refractivity contribution in [2.75, 3.05) is 68.0 Å². The number of rotatable bonds is 8. The Kier molecular flexibility index (Phi) is 8.60. The molecule has 8 nitrogen and oxygen atoms in total. The number of ether oxygens (including phenoxy) is 1. The van der Waals surface area contributed by atoms with Crippen molar-refractivity contribution >= 4 is 29.0 Å². The predicted molar refractivity (Wildman–Crippen MR) is 141 cm³/mol. The number of urea groups is 1. The largest absolute Gasteiger partial charge is 0.379 e. The standard InChI is InChI=1S/C27H37N5O3/c1-20-6-7-22(18-21(20)2)29-27(34)30-23-8-9-25(32-12-3-4-13-32)24(19-23)26(33)28-10-5-11-31-14-16-35-17-15-31/h6-9,18-19H,3-5,10-17H2,1-2H3,(H,28,33)(H2,29,30,34). The lowest BCUT2D eigenvalue weighted by molar-refractivity contribution is 0.0374. The maximum atomic E-state index is 13.2. The first kappa shape index (κ1) is 25.0. The molecule has 4 rings (SSSR count). The highest BCUT2D eigenvalue weighted by molar-refractivity contribution is 6.04. The zero-order valence-electron chi connectivity index (χ0n) is 20.9. The Labute approximate surface area is 208 Å². The number of nitrogens with zero attached hydrogens (tertiary/aromatic N) is 2. The van der Waals surface area contributed by atoms with Gasteiger partial charge >= 0.3 is 6.03 Å². The van der Waals surface area contributed by atoms with Gasteiger partial charge in [0, 0.05) is 49.8 Å². The summed E-state index contributed by atoms with van der Waals surface area (Å²) in [5, 5.41) is 8.84. The molecule has 2 aliphatic rings. The zero-order valence-corrected chi connectivity index (χ0v) is 20.9. The van der Waals surface area contributed by atoms with Crippen LogP contribution in [0.15, 0.2) is 36.4 Å².